The summed E-state index contributed by atoms with van der Waals surface area (Å²) in [5.41, 5.74) is 2.32. The number of likely N-dealkylation sites (tertiary alicyclic amines) is 1. The zero-order chi connectivity index (χ0) is 20.4. The highest BCUT2D eigenvalue weighted by atomic mass is 16.2. The quantitative estimate of drug-likeness (QED) is 0.669. The maximum Gasteiger partial charge on any atom is 0.239 e. The first-order valence-electron chi connectivity index (χ1n) is 9.59. The summed E-state index contributed by atoms with van der Waals surface area (Å²) in [4.78, 5) is 23.2. The van der Waals surface area contributed by atoms with Crippen LogP contribution in [0.1, 0.15) is 19.3 Å². The molecule has 0 aromatic carbocycles. The van der Waals surface area contributed by atoms with Crippen LogP contribution in [0.4, 0.5) is 5.82 Å². The molecule has 0 aliphatic carbocycles. The molecule has 1 N–H and O–H groups in total. The van der Waals surface area contributed by atoms with Gasteiger partial charge in [0.2, 0.25) is 5.91 Å². The van der Waals surface area contributed by atoms with Crippen LogP contribution in [0.15, 0.2) is 36.9 Å². The molecule has 0 bridgehead atoms. The molecular formula is C19H19B3N6O. The fourth-order valence-electron chi connectivity index (χ4n) is 3.44. The molecule has 3 aromatic rings. The lowest BCUT2D eigenvalue weighted by Crippen LogP contribution is -2.36. The summed E-state index contributed by atoms with van der Waals surface area (Å²) in [7, 11) is 17.0. The molecule has 4 heterocycles. The second kappa shape index (κ2) is 8.03. The smallest absolute Gasteiger partial charge is 0.239 e. The Labute approximate surface area is 173 Å². The van der Waals surface area contributed by atoms with E-state index >= 15 is 0 Å². The van der Waals surface area contributed by atoms with Gasteiger partial charge in [0.25, 0.3) is 0 Å². The molecule has 29 heavy (non-hydrogen) atoms. The van der Waals surface area contributed by atoms with Gasteiger partial charge in [-0.15, -0.1) is 0 Å². The molecule has 1 saturated heterocycles. The molecule has 4 rings (SSSR count). The summed E-state index contributed by atoms with van der Waals surface area (Å²) in [6, 6.07) is 3.75. The summed E-state index contributed by atoms with van der Waals surface area (Å²) in [6.45, 7) is 2.32. The number of aromatic nitrogens is 4. The third kappa shape index (κ3) is 4.70. The lowest BCUT2D eigenvalue weighted by atomic mass is 9.49. The molecule has 0 spiro atoms. The van der Waals surface area contributed by atoms with Crippen molar-refractivity contribution >= 4 is 46.2 Å². The van der Waals surface area contributed by atoms with Gasteiger partial charge in [0.05, 0.1) is 48.0 Å². The van der Waals surface area contributed by atoms with Crippen LogP contribution in [-0.2, 0) is 10.0 Å². The van der Waals surface area contributed by atoms with Crippen molar-refractivity contribution in [2.24, 2.45) is 0 Å². The third-order valence-electron chi connectivity index (χ3n) is 4.96. The van der Waals surface area contributed by atoms with Crippen molar-refractivity contribution in [3.8, 4) is 11.1 Å². The van der Waals surface area contributed by atoms with Crippen LogP contribution in [-0.4, -0.2) is 73.7 Å². The molecule has 6 radical (unpaired) electrons. The summed E-state index contributed by atoms with van der Waals surface area (Å²) < 4.78 is 1.28. The van der Waals surface area contributed by atoms with Crippen molar-refractivity contribution in [2.45, 2.75) is 24.5 Å². The summed E-state index contributed by atoms with van der Waals surface area (Å²) >= 11 is 0. The first-order chi connectivity index (χ1) is 13.9. The Kier molecular flexibility index (Phi) is 5.45. The maximum absolute atomic E-state index is 12.3. The van der Waals surface area contributed by atoms with Crippen LogP contribution >= 0.6 is 0 Å². The number of hydrogen-bond acceptors (Lipinski definition) is 5. The van der Waals surface area contributed by atoms with E-state index in [4.69, 9.17) is 23.5 Å². The minimum Gasteiger partial charge on any atom is -0.310 e. The Hall–Kier alpha value is -2.61. The highest BCUT2D eigenvalue weighted by molar-refractivity contribution is 6.56. The lowest BCUT2D eigenvalue weighted by Gasteiger charge is -2.25. The fraction of sp³-hybridized carbons (Fsp3) is 0.368. The normalized spacial score (nSPS) is 15.4. The van der Waals surface area contributed by atoms with E-state index in [2.05, 4.69) is 25.3 Å². The second-order valence-electron chi connectivity index (χ2n) is 7.43. The van der Waals surface area contributed by atoms with E-state index < -0.39 is 5.24 Å². The number of nitrogens with one attached hydrogen (secondary N) is 1. The van der Waals surface area contributed by atoms with Crippen molar-refractivity contribution in [1.82, 2.24) is 24.6 Å². The molecule has 7 nitrogen and oxygen atoms in total. The predicted octanol–water partition coefficient (Wildman–Crippen LogP) is 0.991. The van der Waals surface area contributed by atoms with Gasteiger partial charge in [-0.25, -0.2) is 4.98 Å². The molecule has 0 unspecified atom stereocenters. The minimum absolute atomic E-state index is 0.0608. The van der Waals surface area contributed by atoms with E-state index in [0.29, 0.717) is 12.4 Å². The molecule has 10 heteroatoms. The Morgan fingerprint density at radius 3 is 2.55 bits per heavy atom. The molecule has 1 aliphatic rings. The number of pyridine rings is 2. The predicted molar refractivity (Wildman–Crippen MR) is 115 cm³/mol. The summed E-state index contributed by atoms with van der Waals surface area (Å²) in [5.74, 6) is 0.438. The van der Waals surface area contributed by atoms with Gasteiger partial charge < -0.3 is 5.32 Å². The van der Waals surface area contributed by atoms with Crippen molar-refractivity contribution in [2.75, 3.05) is 25.0 Å². The molecule has 1 fully saturated rings. The van der Waals surface area contributed by atoms with E-state index in [1.165, 1.54) is 11.1 Å². The molecule has 1 aliphatic heterocycles. The topological polar surface area (TPSA) is 75.9 Å². The SMILES string of the molecule is [B]C([B])([B])n1cc(-c2cnc3cnc(NC(=O)CN4CCCCC4)cc3c2)cn1. The molecule has 3 aromatic heterocycles. The van der Waals surface area contributed by atoms with E-state index in [-0.39, 0.29) is 5.91 Å². The highest BCUT2D eigenvalue weighted by Gasteiger charge is 2.15. The fourth-order valence-corrected chi connectivity index (χ4v) is 3.44. The number of fused-ring (bicyclic) bond motifs is 1. The number of hydrogen-bond donors (Lipinski definition) is 1. The molecule has 0 saturated carbocycles. The maximum atomic E-state index is 12.3. The van der Waals surface area contributed by atoms with E-state index in [0.717, 1.165) is 48.0 Å². The van der Waals surface area contributed by atoms with E-state index in [1.54, 1.807) is 24.8 Å². The molecule has 1 amide bonds. The average molecular weight is 380 g/mol. The van der Waals surface area contributed by atoms with Gasteiger partial charge in [-0.1, -0.05) is 6.42 Å². The van der Waals surface area contributed by atoms with E-state index in [1.807, 2.05) is 12.1 Å². The van der Waals surface area contributed by atoms with Crippen LogP contribution in [0.25, 0.3) is 22.0 Å². The zero-order valence-corrected chi connectivity index (χ0v) is 16.1. The minimum atomic E-state index is -1.57. The highest BCUT2D eigenvalue weighted by Crippen LogP contribution is 2.24. The van der Waals surface area contributed by atoms with Crippen LogP contribution in [0.5, 0.6) is 0 Å². The van der Waals surface area contributed by atoms with Gasteiger partial charge in [-0.2, -0.15) is 5.10 Å². The first-order valence-corrected chi connectivity index (χ1v) is 9.59. The number of anilines is 1. The van der Waals surface area contributed by atoms with Crippen molar-refractivity contribution in [3.63, 3.8) is 0 Å². The van der Waals surface area contributed by atoms with Gasteiger partial charge in [0, 0.05) is 28.9 Å². The Morgan fingerprint density at radius 1 is 1.03 bits per heavy atom. The summed E-state index contributed by atoms with van der Waals surface area (Å²) in [6.07, 6.45) is 10.2. The molecular weight excluding hydrogens is 361 g/mol. The number of nitrogens with zero attached hydrogens (tertiary/aromatic N) is 5. The van der Waals surface area contributed by atoms with Crippen molar-refractivity contribution in [3.05, 3.63) is 36.9 Å². The van der Waals surface area contributed by atoms with Crippen LogP contribution < -0.4 is 5.32 Å². The first kappa shape index (κ1) is 19.7. The van der Waals surface area contributed by atoms with Crippen molar-refractivity contribution < 1.29 is 4.79 Å². The molecule has 140 valence electrons. The largest absolute Gasteiger partial charge is 0.310 e. The third-order valence-corrected chi connectivity index (χ3v) is 4.96. The van der Waals surface area contributed by atoms with Crippen LogP contribution in [0.3, 0.4) is 0 Å². The number of amides is 1. The molecule has 0 atom stereocenters. The Bertz CT molecular complexity index is 1030. The zero-order valence-electron chi connectivity index (χ0n) is 16.1. The lowest BCUT2D eigenvalue weighted by molar-refractivity contribution is -0.117. The summed E-state index contributed by atoms with van der Waals surface area (Å²) in [5, 5.41) is 6.25. The van der Waals surface area contributed by atoms with Crippen molar-refractivity contribution in [1.29, 1.82) is 0 Å². The number of rotatable bonds is 5. The standard InChI is InChI=1S/C19H19B3N6O/c20-19(21,22)28-11-15(9-25-28)14-6-13-7-17(24-10-16(13)23-8-14)26-18(29)12-27-4-2-1-3-5-27/h6-11H,1-5,12H2,(H,24,26,29). The van der Waals surface area contributed by atoms with Gasteiger partial charge in [0.15, 0.2) is 0 Å². The van der Waals surface area contributed by atoms with Gasteiger partial charge >= 0.3 is 0 Å². The number of carbonyl (C=O) groups is 1. The van der Waals surface area contributed by atoms with Crippen LogP contribution in [0, 0.1) is 0 Å². The number of carbonyl (C=O) groups excluding carboxylic acids is 1. The van der Waals surface area contributed by atoms with Gasteiger partial charge in [-0.3, -0.25) is 19.4 Å². The monoisotopic (exact) mass is 380 g/mol. The second-order valence-corrected chi connectivity index (χ2v) is 7.43. The van der Waals surface area contributed by atoms with Gasteiger partial charge in [-0.05, 0) is 43.3 Å². The number of piperidine rings is 1. The van der Waals surface area contributed by atoms with Crippen LogP contribution in [0.2, 0.25) is 0 Å². The van der Waals surface area contributed by atoms with E-state index in [9.17, 15) is 4.79 Å². The Balaban J connectivity index is 1.52. The Morgan fingerprint density at radius 2 is 1.83 bits per heavy atom. The average Bonchev–Trinajstić information content (AvgIpc) is 3.19. The van der Waals surface area contributed by atoms with Gasteiger partial charge in [0.1, 0.15) is 5.82 Å².